The van der Waals surface area contributed by atoms with Crippen LogP contribution in [0.25, 0.3) is 11.0 Å². The quantitative estimate of drug-likeness (QED) is 0.415. The number of hydrogen-bond donors (Lipinski definition) is 3. The van der Waals surface area contributed by atoms with Gasteiger partial charge in [0.2, 0.25) is 22.8 Å². The monoisotopic (exact) mass is 450 g/mol. The van der Waals surface area contributed by atoms with Crippen LogP contribution in [0, 0.1) is 0 Å². The van der Waals surface area contributed by atoms with Crippen LogP contribution in [0.3, 0.4) is 0 Å². The minimum Gasteiger partial charge on any atom is -0.454 e. The number of fused-ring (bicyclic) bond motifs is 2. The van der Waals surface area contributed by atoms with Crippen LogP contribution < -0.4 is 19.5 Å². The molecule has 0 saturated carbocycles. The van der Waals surface area contributed by atoms with Crippen molar-refractivity contribution in [1.82, 2.24) is 14.7 Å². The Morgan fingerprint density at radius 2 is 1.84 bits per heavy atom. The zero-order valence-corrected chi connectivity index (χ0v) is 17.5. The molecule has 0 saturated heterocycles. The van der Waals surface area contributed by atoms with Crippen molar-refractivity contribution in [2.24, 2.45) is 0 Å². The summed E-state index contributed by atoms with van der Waals surface area (Å²) in [6.45, 7) is 0.210. The van der Waals surface area contributed by atoms with Gasteiger partial charge in [0.15, 0.2) is 11.5 Å². The smallest absolute Gasteiger partial charge is 0.258 e. The highest BCUT2D eigenvalue weighted by Crippen LogP contribution is 2.32. The van der Waals surface area contributed by atoms with Gasteiger partial charge in [-0.15, -0.1) is 0 Å². The third-order valence-electron chi connectivity index (χ3n) is 4.93. The third kappa shape index (κ3) is 4.01. The minimum atomic E-state index is -3.85. The molecule has 0 aliphatic carbocycles. The number of hydrogen-bond acceptors (Lipinski definition) is 6. The van der Waals surface area contributed by atoms with Crippen molar-refractivity contribution >= 4 is 32.9 Å². The van der Waals surface area contributed by atoms with Crippen LogP contribution in [0.4, 0.5) is 5.95 Å². The van der Waals surface area contributed by atoms with Crippen molar-refractivity contribution in [3.63, 3.8) is 0 Å². The number of nitrogens with zero attached hydrogens (tertiary/aromatic N) is 1. The standard InChI is InChI=1S/C22H18N4O5S/c27-21(26-22-24-17-6-1-2-7-18(17)25-22)15-4-3-5-16(11-15)32(28,29)23-12-14-8-9-19-20(10-14)31-13-30-19/h1-11,23H,12-13H2,(H2,24,25,26,27). The lowest BCUT2D eigenvalue weighted by Gasteiger charge is -2.09. The fourth-order valence-electron chi connectivity index (χ4n) is 3.31. The van der Waals surface area contributed by atoms with E-state index in [1.165, 1.54) is 24.3 Å². The van der Waals surface area contributed by atoms with Crippen LogP contribution in [0.15, 0.2) is 71.6 Å². The van der Waals surface area contributed by atoms with Gasteiger partial charge in [0, 0.05) is 12.1 Å². The second-order valence-electron chi connectivity index (χ2n) is 7.10. The van der Waals surface area contributed by atoms with E-state index in [0.717, 1.165) is 11.1 Å². The first-order valence-corrected chi connectivity index (χ1v) is 11.2. The largest absolute Gasteiger partial charge is 0.454 e. The average Bonchev–Trinajstić information content (AvgIpc) is 3.43. The Bertz CT molecular complexity index is 1400. The Kier molecular flexibility index (Phi) is 5.00. The van der Waals surface area contributed by atoms with Crippen LogP contribution in [0.2, 0.25) is 0 Å². The molecule has 32 heavy (non-hydrogen) atoms. The number of aromatic amines is 1. The van der Waals surface area contributed by atoms with Crippen LogP contribution in [0.1, 0.15) is 15.9 Å². The highest BCUT2D eigenvalue weighted by Gasteiger charge is 2.18. The van der Waals surface area contributed by atoms with Gasteiger partial charge in [-0.1, -0.05) is 24.3 Å². The van der Waals surface area contributed by atoms with Gasteiger partial charge in [0.05, 0.1) is 15.9 Å². The molecule has 10 heteroatoms. The van der Waals surface area contributed by atoms with Crippen LogP contribution >= 0.6 is 0 Å². The summed E-state index contributed by atoms with van der Waals surface area (Å²) in [4.78, 5) is 19.9. The molecule has 0 fully saturated rings. The number of aromatic nitrogens is 2. The summed E-state index contributed by atoms with van der Waals surface area (Å²) in [5, 5.41) is 2.66. The third-order valence-corrected chi connectivity index (χ3v) is 6.33. The molecule has 162 valence electrons. The maximum atomic E-state index is 12.8. The van der Waals surface area contributed by atoms with Crippen molar-refractivity contribution in [3.8, 4) is 11.5 Å². The molecule has 0 atom stereocenters. The SMILES string of the molecule is O=C(Nc1nc2ccccc2[nH]1)c1cccc(S(=O)(=O)NCc2ccc3c(c2)OCO3)c1. The summed E-state index contributed by atoms with van der Waals surface area (Å²) >= 11 is 0. The molecule has 1 amide bonds. The van der Waals surface area contributed by atoms with E-state index in [0.29, 0.717) is 17.0 Å². The Morgan fingerprint density at radius 1 is 1.00 bits per heavy atom. The number of rotatable bonds is 6. The van der Waals surface area contributed by atoms with E-state index in [-0.39, 0.29) is 29.7 Å². The molecule has 0 spiro atoms. The molecule has 5 rings (SSSR count). The number of carbonyl (C=O) groups is 1. The Balaban J connectivity index is 1.30. The molecule has 1 aliphatic heterocycles. The molecule has 9 nitrogen and oxygen atoms in total. The van der Waals surface area contributed by atoms with E-state index in [4.69, 9.17) is 9.47 Å². The van der Waals surface area contributed by atoms with Gasteiger partial charge in [0.25, 0.3) is 5.91 Å². The number of imidazole rings is 1. The van der Waals surface area contributed by atoms with Crippen LogP contribution in [-0.4, -0.2) is 31.1 Å². The summed E-state index contributed by atoms with van der Waals surface area (Å²) in [6, 6.07) is 18.4. The summed E-state index contributed by atoms with van der Waals surface area (Å²) < 4.78 is 38.7. The van der Waals surface area contributed by atoms with Crippen molar-refractivity contribution in [2.45, 2.75) is 11.4 Å². The van der Waals surface area contributed by atoms with Crippen molar-refractivity contribution in [2.75, 3.05) is 12.1 Å². The molecule has 0 radical (unpaired) electrons. The van der Waals surface area contributed by atoms with E-state index >= 15 is 0 Å². The van der Waals surface area contributed by atoms with Crippen LogP contribution in [-0.2, 0) is 16.6 Å². The maximum Gasteiger partial charge on any atom is 0.258 e. The molecular formula is C22H18N4O5S. The lowest BCUT2D eigenvalue weighted by Crippen LogP contribution is -2.23. The highest BCUT2D eigenvalue weighted by molar-refractivity contribution is 7.89. The highest BCUT2D eigenvalue weighted by atomic mass is 32.2. The van der Waals surface area contributed by atoms with E-state index in [2.05, 4.69) is 20.0 Å². The zero-order chi connectivity index (χ0) is 22.1. The zero-order valence-electron chi connectivity index (χ0n) is 16.7. The number of sulfonamides is 1. The number of para-hydroxylation sites is 2. The van der Waals surface area contributed by atoms with Gasteiger partial charge < -0.3 is 14.5 Å². The molecule has 4 aromatic rings. The Hall–Kier alpha value is -3.89. The topological polar surface area (TPSA) is 122 Å². The van der Waals surface area contributed by atoms with Gasteiger partial charge in [-0.3, -0.25) is 10.1 Å². The predicted molar refractivity (Wildman–Crippen MR) is 117 cm³/mol. The first-order valence-electron chi connectivity index (χ1n) is 9.72. The van der Waals surface area contributed by atoms with Gasteiger partial charge in [-0.05, 0) is 48.0 Å². The number of ether oxygens (including phenoxy) is 2. The lowest BCUT2D eigenvalue weighted by molar-refractivity contribution is 0.102. The van der Waals surface area contributed by atoms with Crippen molar-refractivity contribution in [1.29, 1.82) is 0 Å². The normalized spacial score (nSPS) is 12.8. The number of amides is 1. The van der Waals surface area contributed by atoms with Gasteiger partial charge >= 0.3 is 0 Å². The Labute approximate surface area is 183 Å². The number of benzene rings is 3. The summed E-state index contributed by atoms with van der Waals surface area (Å²) in [5.74, 6) is 1.01. The second kappa shape index (κ2) is 7.98. The molecule has 0 bridgehead atoms. The predicted octanol–water partition coefficient (Wildman–Crippen LogP) is 3.02. The van der Waals surface area contributed by atoms with Crippen LogP contribution in [0.5, 0.6) is 11.5 Å². The maximum absolute atomic E-state index is 12.8. The first kappa shape index (κ1) is 20.0. The van der Waals surface area contributed by atoms with E-state index in [1.54, 1.807) is 18.2 Å². The van der Waals surface area contributed by atoms with E-state index in [1.807, 2.05) is 24.3 Å². The van der Waals surface area contributed by atoms with Crippen molar-refractivity contribution in [3.05, 3.63) is 77.9 Å². The number of H-pyrrole nitrogens is 1. The van der Waals surface area contributed by atoms with E-state index in [9.17, 15) is 13.2 Å². The fraction of sp³-hybridized carbons (Fsp3) is 0.0909. The number of anilines is 1. The van der Waals surface area contributed by atoms with Gasteiger partial charge in [-0.2, -0.15) is 0 Å². The van der Waals surface area contributed by atoms with E-state index < -0.39 is 15.9 Å². The number of nitrogens with one attached hydrogen (secondary N) is 3. The molecule has 0 unspecified atom stereocenters. The Morgan fingerprint density at radius 3 is 2.72 bits per heavy atom. The molecular weight excluding hydrogens is 432 g/mol. The average molecular weight is 450 g/mol. The number of carbonyl (C=O) groups excluding carboxylic acids is 1. The van der Waals surface area contributed by atoms with Gasteiger partial charge in [0.1, 0.15) is 0 Å². The minimum absolute atomic E-state index is 0.0181. The molecule has 3 N–H and O–H groups in total. The fourth-order valence-corrected chi connectivity index (χ4v) is 4.37. The summed E-state index contributed by atoms with van der Waals surface area (Å²) in [6.07, 6.45) is 0. The first-order chi connectivity index (χ1) is 15.5. The second-order valence-corrected chi connectivity index (χ2v) is 8.86. The van der Waals surface area contributed by atoms with Crippen molar-refractivity contribution < 1.29 is 22.7 Å². The summed E-state index contributed by atoms with van der Waals surface area (Å²) in [5.41, 5.74) is 2.41. The molecule has 1 aromatic heterocycles. The molecule has 1 aliphatic rings. The van der Waals surface area contributed by atoms with Gasteiger partial charge in [-0.25, -0.2) is 18.1 Å². The lowest BCUT2D eigenvalue weighted by atomic mass is 10.2. The molecule has 2 heterocycles. The summed E-state index contributed by atoms with van der Waals surface area (Å²) in [7, 11) is -3.85. The molecule has 3 aromatic carbocycles.